The van der Waals surface area contributed by atoms with Crippen molar-refractivity contribution in [1.82, 2.24) is 5.32 Å². The van der Waals surface area contributed by atoms with Crippen molar-refractivity contribution in [3.63, 3.8) is 0 Å². The molecule has 178 valence electrons. The summed E-state index contributed by atoms with van der Waals surface area (Å²) < 4.78 is 16.4. The number of amides is 2. The van der Waals surface area contributed by atoms with E-state index in [0.29, 0.717) is 38.5 Å². The molecule has 0 spiro atoms. The fourth-order valence-electron chi connectivity index (χ4n) is 3.21. The molecule has 0 aromatic heterocycles. The maximum Gasteiger partial charge on any atom is 0.264 e. The number of amidine groups is 1. The number of para-hydroxylation sites is 2. The molecule has 8 nitrogen and oxygen atoms in total. The number of aliphatic imine (C=N–C) groups is 1. The van der Waals surface area contributed by atoms with Crippen molar-refractivity contribution >= 4 is 46.2 Å². The van der Waals surface area contributed by atoms with Crippen LogP contribution in [-0.4, -0.2) is 37.8 Å². The van der Waals surface area contributed by atoms with E-state index in [1.807, 2.05) is 18.2 Å². The second-order valence-electron chi connectivity index (χ2n) is 7.26. The third-order valence-electron chi connectivity index (χ3n) is 4.87. The first-order chi connectivity index (χ1) is 17.1. The molecular formula is C26H23N3O5S. The number of hydrogen-bond donors (Lipinski definition) is 2. The lowest BCUT2D eigenvalue weighted by atomic mass is 10.1. The van der Waals surface area contributed by atoms with E-state index in [-0.39, 0.29) is 18.4 Å². The van der Waals surface area contributed by atoms with Crippen LogP contribution in [0.5, 0.6) is 17.2 Å². The van der Waals surface area contributed by atoms with Crippen molar-refractivity contribution in [2.45, 2.75) is 0 Å². The third kappa shape index (κ3) is 6.21. The number of anilines is 1. The van der Waals surface area contributed by atoms with Gasteiger partial charge in [0, 0.05) is 11.3 Å². The van der Waals surface area contributed by atoms with Gasteiger partial charge in [0.1, 0.15) is 5.75 Å². The van der Waals surface area contributed by atoms with Crippen LogP contribution in [0, 0.1) is 0 Å². The van der Waals surface area contributed by atoms with Crippen LogP contribution in [0.15, 0.2) is 82.7 Å². The number of nitrogens with one attached hydrogen (secondary N) is 2. The van der Waals surface area contributed by atoms with Crippen LogP contribution in [-0.2, 0) is 9.59 Å². The molecule has 1 aliphatic heterocycles. The van der Waals surface area contributed by atoms with Gasteiger partial charge in [-0.2, -0.15) is 0 Å². The summed E-state index contributed by atoms with van der Waals surface area (Å²) in [6.45, 7) is -0.227. The van der Waals surface area contributed by atoms with Crippen LogP contribution in [0.4, 0.5) is 11.4 Å². The van der Waals surface area contributed by atoms with Crippen LogP contribution < -0.4 is 24.8 Å². The first kappa shape index (κ1) is 23.9. The molecule has 1 heterocycles. The van der Waals surface area contributed by atoms with E-state index in [0.717, 1.165) is 5.75 Å². The number of thioether (sulfide) groups is 1. The quantitative estimate of drug-likeness (QED) is 0.449. The highest BCUT2D eigenvalue weighted by Gasteiger charge is 2.25. The minimum absolute atomic E-state index is 0.227. The Labute approximate surface area is 207 Å². The molecule has 3 aromatic rings. The monoisotopic (exact) mass is 489 g/mol. The minimum atomic E-state index is -0.317. The van der Waals surface area contributed by atoms with Crippen LogP contribution in [0.3, 0.4) is 0 Å². The molecular weight excluding hydrogens is 466 g/mol. The van der Waals surface area contributed by atoms with E-state index >= 15 is 0 Å². The number of methoxy groups -OCH3 is 2. The van der Waals surface area contributed by atoms with Crippen LogP contribution >= 0.6 is 11.8 Å². The standard InChI is InChI=1S/C26H23N3O5S/c1-32-20-13-11-19(12-14-20)28-26-29-25(31)22(35-26)15-17-7-6-10-21(33-2)24(17)34-16-23(30)27-18-8-4-3-5-9-18/h3-15H,16H2,1-2H3,(H,27,30)(H,28,29,31)/b22-15+. The summed E-state index contributed by atoms with van der Waals surface area (Å²) in [4.78, 5) is 29.9. The average molecular weight is 490 g/mol. The van der Waals surface area contributed by atoms with Gasteiger partial charge in [0.2, 0.25) is 0 Å². The molecule has 1 saturated heterocycles. The van der Waals surface area contributed by atoms with Crippen molar-refractivity contribution < 1.29 is 23.8 Å². The molecule has 2 N–H and O–H groups in total. The van der Waals surface area contributed by atoms with Crippen LogP contribution in [0.1, 0.15) is 5.56 Å². The molecule has 0 radical (unpaired) electrons. The van der Waals surface area contributed by atoms with Crippen molar-refractivity contribution in [3.8, 4) is 17.2 Å². The maximum atomic E-state index is 12.6. The number of nitrogens with zero attached hydrogens (tertiary/aromatic N) is 1. The van der Waals surface area contributed by atoms with Gasteiger partial charge >= 0.3 is 0 Å². The fourth-order valence-corrected chi connectivity index (χ4v) is 4.05. The lowest BCUT2D eigenvalue weighted by molar-refractivity contribution is -0.118. The lowest BCUT2D eigenvalue weighted by Gasteiger charge is -2.13. The SMILES string of the molecule is COc1ccc(N=C2NC(=O)/C(=C\c3cccc(OC)c3OCC(=O)Nc3ccccc3)S2)cc1. The Bertz CT molecular complexity index is 1270. The molecule has 1 fully saturated rings. The Balaban J connectivity index is 1.51. The van der Waals surface area contributed by atoms with Gasteiger partial charge in [-0.3, -0.25) is 9.59 Å². The zero-order valence-electron chi connectivity index (χ0n) is 19.1. The van der Waals surface area contributed by atoms with Gasteiger partial charge in [-0.15, -0.1) is 0 Å². The summed E-state index contributed by atoms with van der Waals surface area (Å²) in [6, 6.07) is 21.6. The van der Waals surface area contributed by atoms with E-state index in [4.69, 9.17) is 14.2 Å². The van der Waals surface area contributed by atoms with Crippen LogP contribution in [0.2, 0.25) is 0 Å². The Kier molecular flexibility index (Phi) is 7.69. The highest BCUT2D eigenvalue weighted by Crippen LogP contribution is 2.35. The molecule has 4 rings (SSSR count). The fraction of sp³-hybridized carbons (Fsp3) is 0.115. The average Bonchev–Trinajstić information content (AvgIpc) is 3.22. The smallest absolute Gasteiger partial charge is 0.264 e. The normalized spacial score (nSPS) is 15.1. The molecule has 9 heteroatoms. The Morgan fingerprint density at radius 1 is 1.00 bits per heavy atom. The molecule has 0 unspecified atom stereocenters. The second-order valence-corrected chi connectivity index (χ2v) is 8.29. The first-order valence-corrected chi connectivity index (χ1v) is 11.5. The predicted octanol–water partition coefficient (Wildman–Crippen LogP) is 4.61. The number of carbonyl (C=O) groups is 2. The van der Waals surface area contributed by atoms with Gasteiger partial charge in [-0.1, -0.05) is 30.3 Å². The summed E-state index contributed by atoms with van der Waals surface area (Å²) in [5, 5.41) is 6.00. The van der Waals surface area contributed by atoms with Gasteiger partial charge in [-0.25, -0.2) is 4.99 Å². The minimum Gasteiger partial charge on any atom is -0.497 e. The summed E-state index contributed by atoms with van der Waals surface area (Å²) in [5.74, 6) is 0.933. The Morgan fingerprint density at radius 3 is 2.49 bits per heavy atom. The first-order valence-electron chi connectivity index (χ1n) is 10.6. The molecule has 0 atom stereocenters. The molecule has 1 aliphatic rings. The summed E-state index contributed by atoms with van der Waals surface area (Å²) in [7, 11) is 3.11. The van der Waals surface area contributed by atoms with E-state index in [9.17, 15) is 9.59 Å². The van der Waals surface area contributed by atoms with E-state index in [1.54, 1.807) is 67.8 Å². The zero-order chi connectivity index (χ0) is 24.6. The number of hydrogen-bond acceptors (Lipinski definition) is 7. The lowest BCUT2D eigenvalue weighted by Crippen LogP contribution is -2.20. The van der Waals surface area contributed by atoms with Crippen molar-refractivity contribution in [3.05, 3.63) is 83.3 Å². The highest BCUT2D eigenvalue weighted by atomic mass is 32.2. The third-order valence-corrected chi connectivity index (χ3v) is 5.78. The molecule has 3 aromatic carbocycles. The molecule has 0 bridgehead atoms. The van der Waals surface area contributed by atoms with Crippen molar-refractivity contribution in [1.29, 1.82) is 0 Å². The zero-order valence-corrected chi connectivity index (χ0v) is 19.9. The summed E-state index contributed by atoms with van der Waals surface area (Å²) >= 11 is 1.21. The van der Waals surface area contributed by atoms with Gasteiger partial charge < -0.3 is 24.8 Å². The second kappa shape index (κ2) is 11.3. The van der Waals surface area contributed by atoms with Crippen LogP contribution in [0.25, 0.3) is 6.08 Å². The van der Waals surface area contributed by atoms with Crippen molar-refractivity contribution in [2.24, 2.45) is 4.99 Å². The van der Waals surface area contributed by atoms with Gasteiger partial charge in [-0.05, 0) is 60.3 Å². The predicted molar refractivity (Wildman–Crippen MR) is 137 cm³/mol. The Morgan fingerprint density at radius 2 is 1.77 bits per heavy atom. The van der Waals surface area contributed by atoms with E-state index in [2.05, 4.69) is 15.6 Å². The maximum absolute atomic E-state index is 12.6. The molecule has 35 heavy (non-hydrogen) atoms. The largest absolute Gasteiger partial charge is 0.497 e. The van der Waals surface area contributed by atoms with Gasteiger partial charge in [0.05, 0.1) is 24.8 Å². The van der Waals surface area contributed by atoms with Gasteiger partial charge in [0.25, 0.3) is 11.8 Å². The topological polar surface area (TPSA) is 98.2 Å². The molecule has 0 aliphatic carbocycles. The van der Waals surface area contributed by atoms with Gasteiger partial charge in [0.15, 0.2) is 23.3 Å². The van der Waals surface area contributed by atoms with E-state index < -0.39 is 0 Å². The summed E-state index contributed by atoms with van der Waals surface area (Å²) in [6.07, 6.45) is 1.68. The molecule has 0 saturated carbocycles. The van der Waals surface area contributed by atoms with Crippen molar-refractivity contribution in [2.75, 3.05) is 26.1 Å². The summed E-state index contributed by atoms with van der Waals surface area (Å²) in [5.41, 5.74) is 1.95. The Hall–Kier alpha value is -4.24. The number of carbonyl (C=O) groups excluding carboxylic acids is 2. The number of rotatable bonds is 8. The highest BCUT2D eigenvalue weighted by molar-refractivity contribution is 8.18. The number of benzene rings is 3. The number of ether oxygens (including phenoxy) is 3. The van der Waals surface area contributed by atoms with E-state index in [1.165, 1.54) is 18.9 Å². The molecule has 2 amide bonds.